The van der Waals surface area contributed by atoms with Crippen molar-refractivity contribution in [3.8, 4) is 5.88 Å². The smallest absolute Gasteiger partial charge is 0.230 e. The summed E-state index contributed by atoms with van der Waals surface area (Å²) in [5.41, 5.74) is 0.869. The van der Waals surface area contributed by atoms with Crippen LogP contribution in [-0.2, 0) is 0 Å². The lowest BCUT2D eigenvalue weighted by atomic mass is 10.0. The van der Waals surface area contributed by atoms with Crippen LogP contribution >= 0.6 is 22.9 Å². The largest absolute Gasteiger partial charge is 0.492 e. The second-order valence-electron chi connectivity index (χ2n) is 6.27. The minimum atomic E-state index is -0.438. The SMILES string of the molecule is Oc1c([C@@H](c2ccc(F)c(Cl)c2)N2CCCCCC2)sc2ncnn12. The van der Waals surface area contributed by atoms with Gasteiger partial charge in [0.25, 0.3) is 0 Å². The van der Waals surface area contributed by atoms with Gasteiger partial charge in [0.1, 0.15) is 12.1 Å². The van der Waals surface area contributed by atoms with Gasteiger partial charge in [0.15, 0.2) is 0 Å². The van der Waals surface area contributed by atoms with Gasteiger partial charge in [-0.05, 0) is 43.6 Å². The number of fused-ring (bicyclic) bond motifs is 1. The molecule has 1 N–H and O–H groups in total. The monoisotopic (exact) mass is 380 g/mol. The van der Waals surface area contributed by atoms with Crippen LogP contribution in [0, 0.1) is 5.82 Å². The molecule has 0 spiro atoms. The number of aromatic hydroxyl groups is 1. The first-order valence-electron chi connectivity index (χ1n) is 8.35. The van der Waals surface area contributed by atoms with Crippen LogP contribution in [0.1, 0.15) is 42.2 Å². The zero-order chi connectivity index (χ0) is 17.4. The Labute approximate surface area is 153 Å². The van der Waals surface area contributed by atoms with E-state index in [1.807, 2.05) is 0 Å². The number of halogens is 2. The highest BCUT2D eigenvalue weighted by molar-refractivity contribution is 7.17. The summed E-state index contributed by atoms with van der Waals surface area (Å²) >= 11 is 7.44. The van der Waals surface area contributed by atoms with Crippen LogP contribution in [0.5, 0.6) is 5.88 Å². The molecule has 0 bridgehead atoms. The minimum absolute atomic E-state index is 0.0900. The zero-order valence-corrected chi connectivity index (χ0v) is 15.1. The predicted octanol–water partition coefficient (Wildman–Crippen LogP) is 4.25. The molecule has 2 aromatic heterocycles. The van der Waals surface area contributed by atoms with Crippen molar-refractivity contribution in [1.29, 1.82) is 0 Å². The van der Waals surface area contributed by atoms with E-state index < -0.39 is 5.82 Å². The van der Waals surface area contributed by atoms with Crippen LogP contribution in [-0.4, -0.2) is 37.7 Å². The Morgan fingerprint density at radius 2 is 1.96 bits per heavy atom. The third-order valence-electron chi connectivity index (χ3n) is 4.65. The standard InChI is InChI=1S/C17H18ClFN4OS/c18-12-9-11(5-6-13(12)19)14(22-7-3-1-2-4-8-22)15-16(24)23-17(25-15)20-10-21-23/h5-6,9-10,14,24H,1-4,7-8H2/t14-/m1/s1. The first-order valence-corrected chi connectivity index (χ1v) is 9.55. The Morgan fingerprint density at radius 3 is 2.64 bits per heavy atom. The molecule has 1 saturated heterocycles. The quantitative estimate of drug-likeness (QED) is 0.737. The molecule has 0 radical (unpaired) electrons. The molecule has 3 aromatic rings. The fraction of sp³-hybridized carbons (Fsp3) is 0.412. The van der Waals surface area contributed by atoms with Gasteiger partial charge >= 0.3 is 0 Å². The van der Waals surface area contributed by atoms with Crippen molar-refractivity contribution in [3.63, 3.8) is 0 Å². The summed E-state index contributed by atoms with van der Waals surface area (Å²) in [7, 11) is 0. The summed E-state index contributed by atoms with van der Waals surface area (Å²) in [5, 5.41) is 14.8. The van der Waals surface area contributed by atoms with Crippen LogP contribution in [0.4, 0.5) is 4.39 Å². The van der Waals surface area contributed by atoms with Crippen molar-refractivity contribution in [1.82, 2.24) is 19.5 Å². The normalized spacial score (nSPS) is 17.7. The molecule has 132 valence electrons. The number of benzene rings is 1. The van der Waals surface area contributed by atoms with Gasteiger partial charge in [-0.25, -0.2) is 9.37 Å². The average molecular weight is 381 g/mol. The van der Waals surface area contributed by atoms with E-state index >= 15 is 0 Å². The predicted molar refractivity (Wildman–Crippen MR) is 95.8 cm³/mol. The summed E-state index contributed by atoms with van der Waals surface area (Å²) in [6, 6.07) is 4.59. The third-order valence-corrected chi connectivity index (χ3v) is 6.03. The van der Waals surface area contributed by atoms with Gasteiger partial charge in [0, 0.05) is 0 Å². The maximum Gasteiger partial charge on any atom is 0.230 e. The van der Waals surface area contributed by atoms with Crippen LogP contribution in [0.15, 0.2) is 24.5 Å². The molecule has 1 fully saturated rings. The Bertz CT molecular complexity index is 888. The molecule has 0 unspecified atom stereocenters. The molecule has 4 rings (SSSR count). The molecule has 0 amide bonds. The van der Waals surface area contributed by atoms with E-state index in [1.54, 1.807) is 12.1 Å². The average Bonchev–Trinajstić information content (AvgIpc) is 3.06. The van der Waals surface area contributed by atoms with Crippen LogP contribution in [0.3, 0.4) is 0 Å². The molecule has 0 aliphatic carbocycles. The van der Waals surface area contributed by atoms with E-state index in [4.69, 9.17) is 11.6 Å². The maximum absolute atomic E-state index is 13.7. The molecular formula is C17H18ClFN4OS. The van der Waals surface area contributed by atoms with Gasteiger partial charge in [0.05, 0.1) is 15.9 Å². The highest BCUT2D eigenvalue weighted by atomic mass is 35.5. The molecule has 25 heavy (non-hydrogen) atoms. The molecule has 1 aromatic carbocycles. The van der Waals surface area contributed by atoms with Crippen molar-refractivity contribution in [3.05, 3.63) is 45.8 Å². The first kappa shape index (κ1) is 16.8. The fourth-order valence-electron chi connectivity index (χ4n) is 3.44. The lowest BCUT2D eigenvalue weighted by Gasteiger charge is -2.30. The van der Waals surface area contributed by atoms with Gasteiger partial charge in [-0.1, -0.05) is 41.8 Å². The zero-order valence-electron chi connectivity index (χ0n) is 13.5. The molecule has 3 heterocycles. The summed E-state index contributed by atoms with van der Waals surface area (Å²) in [6.07, 6.45) is 6.04. The number of thiazole rings is 1. The lowest BCUT2D eigenvalue weighted by Crippen LogP contribution is -2.30. The van der Waals surface area contributed by atoms with Crippen molar-refractivity contribution in [2.45, 2.75) is 31.7 Å². The molecule has 8 heteroatoms. The highest BCUT2D eigenvalue weighted by Crippen LogP contribution is 2.41. The van der Waals surface area contributed by atoms with Gasteiger partial charge in [-0.15, -0.1) is 0 Å². The summed E-state index contributed by atoms with van der Waals surface area (Å²) in [5.74, 6) is -0.348. The molecule has 1 atom stereocenters. The van der Waals surface area contributed by atoms with E-state index in [0.29, 0.717) is 4.96 Å². The second kappa shape index (κ2) is 6.90. The molecule has 5 nitrogen and oxygen atoms in total. The van der Waals surface area contributed by atoms with Gasteiger partial charge in [0.2, 0.25) is 10.8 Å². The lowest BCUT2D eigenvalue weighted by molar-refractivity contribution is 0.232. The van der Waals surface area contributed by atoms with Crippen molar-refractivity contribution < 1.29 is 9.50 Å². The number of hydrogen-bond donors (Lipinski definition) is 1. The Balaban J connectivity index is 1.83. The van der Waals surface area contributed by atoms with Crippen molar-refractivity contribution in [2.75, 3.05) is 13.1 Å². The minimum Gasteiger partial charge on any atom is -0.492 e. The van der Waals surface area contributed by atoms with E-state index in [-0.39, 0.29) is 16.9 Å². The molecule has 1 aliphatic rings. The van der Waals surface area contributed by atoms with Crippen LogP contribution in [0.25, 0.3) is 4.96 Å². The first-order chi connectivity index (χ1) is 12.1. The number of rotatable bonds is 3. The number of hydrogen-bond acceptors (Lipinski definition) is 5. The Kier molecular flexibility index (Phi) is 4.62. The second-order valence-corrected chi connectivity index (χ2v) is 7.69. The fourth-order valence-corrected chi connectivity index (χ4v) is 4.72. The third kappa shape index (κ3) is 3.12. The summed E-state index contributed by atoms with van der Waals surface area (Å²) in [4.78, 5) is 7.92. The Hall–Kier alpha value is -1.70. The molecular weight excluding hydrogens is 363 g/mol. The number of likely N-dealkylation sites (tertiary alicyclic amines) is 1. The van der Waals surface area contributed by atoms with E-state index in [2.05, 4.69) is 15.0 Å². The van der Waals surface area contributed by atoms with Crippen LogP contribution in [0.2, 0.25) is 5.02 Å². The summed E-state index contributed by atoms with van der Waals surface area (Å²) in [6.45, 7) is 1.85. The molecule has 0 saturated carbocycles. The van der Waals surface area contributed by atoms with E-state index in [0.717, 1.165) is 36.4 Å². The van der Waals surface area contributed by atoms with Gasteiger partial charge < -0.3 is 5.11 Å². The maximum atomic E-state index is 13.7. The van der Waals surface area contributed by atoms with E-state index in [9.17, 15) is 9.50 Å². The summed E-state index contributed by atoms with van der Waals surface area (Å²) < 4.78 is 15.1. The number of nitrogens with zero attached hydrogens (tertiary/aromatic N) is 4. The highest BCUT2D eigenvalue weighted by Gasteiger charge is 2.30. The topological polar surface area (TPSA) is 53.7 Å². The van der Waals surface area contributed by atoms with Gasteiger partial charge in [-0.3, -0.25) is 4.90 Å². The Morgan fingerprint density at radius 1 is 1.20 bits per heavy atom. The van der Waals surface area contributed by atoms with Crippen molar-refractivity contribution in [2.24, 2.45) is 0 Å². The van der Waals surface area contributed by atoms with Gasteiger partial charge in [-0.2, -0.15) is 9.61 Å². The number of aromatic nitrogens is 3. The van der Waals surface area contributed by atoms with Crippen molar-refractivity contribution >= 4 is 27.9 Å². The molecule has 1 aliphatic heterocycles. The van der Waals surface area contributed by atoms with Crippen LogP contribution < -0.4 is 0 Å². The van der Waals surface area contributed by atoms with E-state index in [1.165, 1.54) is 41.1 Å².